The van der Waals surface area contributed by atoms with Crippen LogP contribution in [0.3, 0.4) is 0 Å². The SMILES string of the molecule is CC(C)C(=O)Nc1nnc(Cc2ccc(Cl)c(Cl)c2)s1. The van der Waals surface area contributed by atoms with Gasteiger partial charge in [-0.2, -0.15) is 0 Å². The molecule has 0 aliphatic heterocycles. The molecule has 0 fully saturated rings. The molecular weight excluding hydrogens is 317 g/mol. The van der Waals surface area contributed by atoms with Crippen LogP contribution < -0.4 is 5.32 Å². The van der Waals surface area contributed by atoms with Gasteiger partial charge in [0.15, 0.2) is 0 Å². The minimum absolute atomic E-state index is 0.0674. The van der Waals surface area contributed by atoms with Gasteiger partial charge < -0.3 is 5.32 Å². The van der Waals surface area contributed by atoms with Gasteiger partial charge >= 0.3 is 0 Å². The lowest BCUT2D eigenvalue weighted by atomic mass is 10.2. The summed E-state index contributed by atoms with van der Waals surface area (Å²) in [6.07, 6.45) is 0.603. The molecule has 0 radical (unpaired) electrons. The first-order valence-corrected chi connectivity index (χ1v) is 7.60. The van der Waals surface area contributed by atoms with E-state index in [0.717, 1.165) is 10.6 Å². The molecule has 0 unspecified atom stereocenters. The molecule has 1 aromatic carbocycles. The molecule has 0 bridgehead atoms. The summed E-state index contributed by atoms with van der Waals surface area (Å²) < 4.78 is 0. The molecule has 0 aliphatic carbocycles. The molecule has 0 aliphatic rings. The van der Waals surface area contributed by atoms with Crippen LogP contribution in [-0.2, 0) is 11.2 Å². The van der Waals surface area contributed by atoms with Crippen LogP contribution >= 0.6 is 34.5 Å². The molecule has 0 saturated heterocycles. The Labute approximate surface area is 131 Å². The molecule has 2 rings (SSSR count). The van der Waals surface area contributed by atoms with Gasteiger partial charge in [-0.3, -0.25) is 4.79 Å². The Morgan fingerprint density at radius 3 is 2.70 bits per heavy atom. The lowest BCUT2D eigenvalue weighted by Crippen LogP contribution is -2.17. The zero-order chi connectivity index (χ0) is 14.7. The molecule has 1 amide bonds. The van der Waals surface area contributed by atoms with Crippen molar-refractivity contribution in [3.8, 4) is 0 Å². The maximum Gasteiger partial charge on any atom is 0.228 e. The van der Waals surface area contributed by atoms with E-state index in [9.17, 15) is 4.79 Å². The maximum atomic E-state index is 11.6. The molecule has 0 spiro atoms. The number of carbonyl (C=O) groups is 1. The van der Waals surface area contributed by atoms with Gasteiger partial charge in [0.1, 0.15) is 5.01 Å². The number of benzene rings is 1. The van der Waals surface area contributed by atoms with Gasteiger partial charge in [0.05, 0.1) is 10.0 Å². The van der Waals surface area contributed by atoms with E-state index in [4.69, 9.17) is 23.2 Å². The molecule has 20 heavy (non-hydrogen) atoms. The summed E-state index contributed by atoms with van der Waals surface area (Å²) in [5.74, 6) is -0.153. The van der Waals surface area contributed by atoms with Gasteiger partial charge in [-0.1, -0.05) is 54.5 Å². The quantitative estimate of drug-likeness (QED) is 0.921. The van der Waals surface area contributed by atoms with Crippen molar-refractivity contribution >= 4 is 45.6 Å². The smallest absolute Gasteiger partial charge is 0.228 e. The van der Waals surface area contributed by atoms with Crippen LogP contribution in [0, 0.1) is 5.92 Å². The van der Waals surface area contributed by atoms with Crippen LogP contribution in [0.1, 0.15) is 24.4 Å². The number of anilines is 1. The Morgan fingerprint density at radius 2 is 2.05 bits per heavy atom. The zero-order valence-corrected chi connectivity index (χ0v) is 13.3. The fourth-order valence-electron chi connectivity index (χ4n) is 1.45. The molecule has 0 saturated carbocycles. The molecule has 1 N–H and O–H groups in total. The number of hydrogen-bond donors (Lipinski definition) is 1. The van der Waals surface area contributed by atoms with Crippen LogP contribution in [0.5, 0.6) is 0 Å². The van der Waals surface area contributed by atoms with Crippen molar-refractivity contribution in [3.05, 3.63) is 38.8 Å². The van der Waals surface area contributed by atoms with Crippen molar-refractivity contribution in [2.45, 2.75) is 20.3 Å². The summed E-state index contributed by atoms with van der Waals surface area (Å²) in [6, 6.07) is 5.45. The summed E-state index contributed by atoms with van der Waals surface area (Å²) in [5, 5.41) is 13.1. The van der Waals surface area contributed by atoms with E-state index < -0.39 is 0 Å². The second-order valence-electron chi connectivity index (χ2n) is 4.57. The van der Waals surface area contributed by atoms with E-state index >= 15 is 0 Å². The second kappa shape index (κ2) is 6.52. The Bertz CT molecular complexity index is 628. The molecule has 1 heterocycles. The van der Waals surface area contributed by atoms with Crippen molar-refractivity contribution in [1.29, 1.82) is 0 Å². The number of halogens is 2. The van der Waals surface area contributed by atoms with Crippen LogP contribution in [-0.4, -0.2) is 16.1 Å². The van der Waals surface area contributed by atoms with Crippen LogP contribution in [0.2, 0.25) is 10.0 Å². The summed E-state index contributed by atoms with van der Waals surface area (Å²) in [6.45, 7) is 3.65. The van der Waals surface area contributed by atoms with E-state index in [0.29, 0.717) is 21.6 Å². The number of carbonyl (C=O) groups excluding carboxylic acids is 1. The predicted molar refractivity (Wildman–Crippen MR) is 82.6 cm³/mol. The van der Waals surface area contributed by atoms with E-state index in [-0.39, 0.29) is 11.8 Å². The standard InChI is InChI=1S/C13H13Cl2N3OS/c1-7(2)12(19)16-13-18-17-11(20-13)6-8-3-4-9(14)10(15)5-8/h3-5,7H,6H2,1-2H3,(H,16,18,19). The number of nitrogens with zero attached hydrogens (tertiary/aromatic N) is 2. The molecule has 2 aromatic rings. The number of hydrogen-bond acceptors (Lipinski definition) is 4. The molecule has 4 nitrogen and oxygen atoms in total. The fraction of sp³-hybridized carbons (Fsp3) is 0.308. The highest BCUT2D eigenvalue weighted by Crippen LogP contribution is 2.25. The van der Waals surface area contributed by atoms with Gasteiger partial charge in [-0.15, -0.1) is 10.2 Å². The highest BCUT2D eigenvalue weighted by molar-refractivity contribution is 7.15. The summed E-state index contributed by atoms with van der Waals surface area (Å²) in [4.78, 5) is 11.6. The lowest BCUT2D eigenvalue weighted by Gasteiger charge is -2.02. The van der Waals surface area contributed by atoms with Crippen molar-refractivity contribution in [2.75, 3.05) is 5.32 Å². The van der Waals surface area contributed by atoms with Crippen LogP contribution in [0.25, 0.3) is 0 Å². The lowest BCUT2D eigenvalue weighted by molar-refractivity contribution is -0.118. The number of amides is 1. The molecule has 1 aromatic heterocycles. The molecule has 0 atom stereocenters. The Morgan fingerprint density at radius 1 is 1.30 bits per heavy atom. The maximum absolute atomic E-state index is 11.6. The van der Waals surface area contributed by atoms with Gasteiger partial charge in [-0.25, -0.2) is 0 Å². The van der Waals surface area contributed by atoms with Gasteiger partial charge in [0.2, 0.25) is 11.0 Å². The number of rotatable bonds is 4. The Kier molecular flexibility index (Phi) is 4.96. The second-order valence-corrected chi connectivity index (χ2v) is 6.45. The average Bonchev–Trinajstić information content (AvgIpc) is 2.81. The van der Waals surface area contributed by atoms with Gasteiger partial charge in [0, 0.05) is 12.3 Å². The van der Waals surface area contributed by atoms with Crippen molar-refractivity contribution in [2.24, 2.45) is 5.92 Å². The highest BCUT2D eigenvalue weighted by Gasteiger charge is 2.11. The predicted octanol–water partition coefficient (Wildman–Crippen LogP) is 4.03. The third kappa shape index (κ3) is 3.91. The highest BCUT2D eigenvalue weighted by atomic mass is 35.5. The van der Waals surface area contributed by atoms with Crippen molar-refractivity contribution in [3.63, 3.8) is 0 Å². The van der Waals surface area contributed by atoms with E-state index in [1.807, 2.05) is 19.9 Å². The summed E-state index contributed by atoms with van der Waals surface area (Å²) >= 11 is 13.2. The van der Waals surface area contributed by atoms with Gasteiger partial charge in [-0.05, 0) is 17.7 Å². The third-order valence-corrected chi connectivity index (χ3v) is 4.14. The molecular formula is C13H13Cl2N3OS. The normalized spacial score (nSPS) is 10.8. The first-order chi connectivity index (χ1) is 9.45. The van der Waals surface area contributed by atoms with Gasteiger partial charge in [0.25, 0.3) is 0 Å². The average molecular weight is 330 g/mol. The summed E-state index contributed by atoms with van der Waals surface area (Å²) in [5.41, 5.74) is 0.997. The number of nitrogens with one attached hydrogen (secondary N) is 1. The fourth-order valence-corrected chi connectivity index (χ4v) is 2.55. The largest absolute Gasteiger partial charge is 0.300 e. The topological polar surface area (TPSA) is 54.9 Å². The van der Waals surface area contributed by atoms with E-state index in [1.54, 1.807) is 12.1 Å². The minimum Gasteiger partial charge on any atom is -0.300 e. The zero-order valence-electron chi connectivity index (χ0n) is 11.0. The molecule has 106 valence electrons. The van der Waals surface area contributed by atoms with Crippen molar-refractivity contribution in [1.82, 2.24) is 10.2 Å². The molecule has 7 heteroatoms. The monoisotopic (exact) mass is 329 g/mol. The van der Waals surface area contributed by atoms with E-state index in [2.05, 4.69) is 15.5 Å². The minimum atomic E-state index is -0.0857. The van der Waals surface area contributed by atoms with Crippen LogP contribution in [0.15, 0.2) is 18.2 Å². The van der Waals surface area contributed by atoms with Crippen molar-refractivity contribution < 1.29 is 4.79 Å². The number of aromatic nitrogens is 2. The summed E-state index contributed by atoms with van der Waals surface area (Å²) in [7, 11) is 0. The first-order valence-electron chi connectivity index (χ1n) is 6.03. The van der Waals surface area contributed by atoms with E-state index in [1.165, 1.54) is 11.3 Å². The Hall–Kier alpha value is -1.17. The Balaban J connectivity index is 2.05. The first kappa shape index (κ1) is 15.2. The van der Waals surface area contributed by atoms with Crippen LogP contribution in [0.4, 0.5) is 5.13 Å². The third-order valence-electron chi connectivity index (χ3n) is 2.56.